The molecular formula is C17H24N2O2. The lowest BCUT2D eigenvalue weighted by atomic mass is 9.83. The highest BCUT2D eigenvalue weighted by Crippen LogP contribution is 2.41. The van der Waals surface area contributed by atoms with Crippen LogP contribution in [0.3, 0.4) is 0 Å². The Balaban J connectivity index is 1.80. The van der Waals surface area contributed by atoms with E-state index in [4.69, 9.17) is 4.74 Å². The molecule has 0 spiro atoms. The molecule has 2 aliphatic rings. The number of para-hydroxylation sites is 1. The SMILES string of the molecule is COC(=O)C(C)(C)C1CCC2N(c3ccccc3)CCN21. The highest BCUT2D eigenvalue weighted by Gasteiger charge is 2.50. The monoisotopic (exact) mass is 288 g/mol. The summed E-state index contributed by atoms with van der Waals surface area (Å²) < 4.78 is 5.01. The van der Waals surface area contributed by atoms with Crippen LogP contribution in [-0.2, 0) is 9.53 Å². The van der Waals surface area contributed by atoms with E-state index in [1.165, 1.54) is 12.8 Å². The highest BCUT2D eigenvalue weighted by molar-refractivity contribution is 5.76. The smallest absolute Gasteiger partial charge is 0.312 e. The molecule has 0 aliphatic carbocycles. The number of rotatable bonds is 3. The number of benzene rings is 1. The van der Waals surface area contributed by atoms with Crippen LogP contribution in [0.2, 0.25) is 0 Å². The van der Waals surface area contributed by atoms with Crippen LogP contribution in [0.1, 0.15) is 26.7 Å². The molecule has 4 nitrogen and oxygen atoms in total. The zero-order valence-corrected chi connectivity index (χ0v) is 13.1. The number of hydrogen-bond acceptors (Lipinski definition) is 4. The Hall–Kier alpha value is -1.55. The summed E-state index contributed by atoms with van der Waals surface area (Å²) in [5, 5.41) is 0. The first kappa shape index (κ1) is 14.4. The molecule has 0 radical (unpaired) electrons. The summed E-state index contributed by atoms with van der Waals surface area (Å²) in [6, 6.07) is 10.8. The van der Waals surface area contributed by atoms with E-state index in [1.54, 1.807) is 0 Å². The maximum Gasteiger partial charge on any atom is 0.312 e. The van der Waals surface area contributed by atoms with Crippen molar-refractivity contribution in [2.24, 2.45) is 5.41 Å². The molecule has 21 heavy (non-hydrogen) atoms. The third-order valence-electron chi connectivity index (χ3n) is 5.07. The minimum atomic E-state index is -0.448. The fourth-order valence-electron chi connectivity index (χ4n) is 3.95. The molecular weight excluding hydrogens is 264 g/mol. The van der Waals surface area contributed by atoms with E-state index >= 15 is 0 Å². The molecule has 0 amide bonds. The lowest BCUT2D eigenvalue weighted by Gasteiger charge is -2.35. The van der Waals surface area contributed by atoms with E-state index in [1.807, 2.05) is 13.8 Å². The molecule has 3 rings (SSSR count). The minimum Gasteiger partial charge on any atom is -0.469 e. The number of nitrogens with zero attached hydrogens (tertiary/aromatic N) is 2. The van der Waals surface area contributed by atoms with Gasteiger partial charge in [-0.25, -0.2) is 0 Å². The summed E-state index contributed by atoms with van der Waals surface area (Å²) in [5.74, 6) is -0.105. The zero-order chi connectivity index (χ0) is 15.0. The van der Waals surface area contributed by atoms with Gasteiger partial charge in [-0.05, 0) is 38.8 Å². The summed E-state index contributed by atoms with van der Waals surface area (Å²) in [7, 11) is 1.48. The molecule has 0 N–H and O–H groups in total. The number of carbonyl (C=O) groups excluding carboxylic acids is 1. The van der Waals surface area contributed by atoms with Gasteiger partial charge in [-0.2, -0.15) is 0 Å². The van der Waals surface area contributed by atoms with Crippen LogP contribution in [0.5, 0.6) is 0 Å². The van der Waals surface area contributed by atoms with E-state index in [9.17, 15) is 4.79 Å². The Kier molecular flexibility index (Phi) is 3.66. The van der Waals surface area contributed by atoms with Gasteiger partial charge in [-0.1, -0.05) is 18.2 Å². The molecule has 4 heteroatoms. The number of methoxy groups -OCH3 is 1. The second-order valence-electron chi connectivity index (χ2n) is 6.55. The fourth-order valence-corrected chi connectivity index (χ4v) is 3.95. The average Bonchev–Trinajstić information content (AvgIpc) is 3.08. The van der Waals surface area contributed by atoms with Gasteiger partial charge in [0.05, 0.1) is 18.7 Å². The molecule has 0 bridgehead atoms. The van der Waals surface area contributed by atoms with Gasteiger partial charge in [0.25, 0.3) is 0 Å². The van der Waals surface area contributed by atoms with Crippen molar-refractivity contribution in [2.45, 2.75) is 38.9 Å². The Morgan fingerprint density at radius 3 is 2.57 bits per heavy atom. The third-order valence-corrected chi connectivity index (χ3v) is 5.07. The number of ether oxygens (including phenoxy) is 1. The Labute approximate surface area is 126 Å². The van der Waals surface area contributed by atoms with Gasteiger partial charge in [-0.3, -0.25) is 9.69 Å². The van der Waals surface area contributed by atoms with Crippen molar-refractivity contribution in [2.75, 3.05) is 25.1 Å². The first-order chi connectivity index (χ1) is 10.1. The molecule has 1 aromatic carbocycles. The molecule has 0 saturated carbocycles. The molecule has 2 saturated heterocycles. The second kappa shape index (κ2) is 5.34. The normalized spacial score (nSPS) is 26.0. The van der Waals surface area contributed by atoms with Crippen LogP contribution >= 0.6 is 0 Å². The summed E-state index contributed by atoms with van der Waals surface area (Å²) in [6.45, 7) is 6.07. The highest BCUT2D eigenvalue weighted by atomic mass is 16.5. The van der Waals surface area contributed by atoms with Crippen LogP contribution in [-0.4, -0.2) is 43.3 Å². The van der Waals surface area contributed by atoms with Gasteiger partial charge in [0.2, 0.25) is 0 Å². The molecule has 114 valence electrons. The molecule has 2 heterocycles. The summed E-state index contributed by atoms with van der Waals surface area (Å²) in [6.07, 6.45) is 2.58. The summed E-state index contributed by atoms with van der Waals surface area (Å²) in [5.41, 5.74) is 0.831. The maximum atomic E-state index is 12.1. The van der Waals surface area contributed by atoms with Crippen LogP contribution in [0.25, 0.3) is 0 Å². The summed E-state index contributed by atoms with van der Waals surface area (Å²) >= 11 is 0. The lowest BCUT2D eigenvalue weighted by Crippen LogP contribution is -2.47. The Morgan fingerprint density at radius 2 is 1.90 bits per heavy atom. The lowest BCUT2D eigenvalue weighted by molar-refractivity contribution is -0.154. The van der Waals surface area contributed by atoms with Crippen molar-refractivity contribution in [3.05, 3.63) is 30.3 Å². The quantitative estimate of drug-likeness (QED) is 0.800. The third kappa shape index (κ3) is 2.31. The molecule has 1 aromatic rings. The first-order valence-electron chi connectivity index (χ1n) is 7.71. The Morgan fingerprint density at radius 1 is 1.19 bits per heavy atom. The number of carbonyl (C=O) groups is 1. The largest absolute Gasteiger partial charge is 0.469 e. The predicted octanol–water partition coefficient (Wildman–Crippen LogP) is 2.50. The number of hydrogen-bond donors (Lipinski definition) is 0. The topological polar surface area (TPSA) is 32.8 Å². The molecule has 2 fully saturated rings. The number of esters is 1. The molecule has 0 aromatic heterocycles. The summed E-state index contributed by atoms with van der Waals surface area (Å²) in [4.78, 5) is 17.1. The van der Waals surface area contributed by atoms with Gasteiger partial charge in [-0.15, -0.1) is 0 Å². The van der Waals surface area contributed by atoms with E-state index < -0.39 is 5.41 Å². The molecule has 2 atom stereocenters. The van der Waals surface area contributed by atoms with E-state index in [2.05, 4.69) is 40.1 Å². The van der Waals surface area contributed by atoms with Gasteiger partial charge in [0.1, 0.15) is 0 Å². The van der Waals surface area contributed by atoms with E-state index in [0.717, 1.165) is 25.9 Å². The van der Waals surface area contributed by atoms with Crippen LogP contribution in [0, 0.1) is 5.41 Å². The van der Waals surface area contributed by atoms with Gasteiger partial charge in [0, 0.05) is 24.8 Å². The average molecular weight is 288 g/mol. The van der Waals surface area contributed by atoms with Crippen molar-refractivity contribution < 1.29 is 9.53 Å². The van der Waals surface area contributed by atoms with Crippen molar-refractivity contribution in [3.63, 3.8) is 0 Å². The molecule has 2 unspecified atom stereocenters. The number of anilines is 1. The molecule has 2 aliphatic heterocycles. The Bertz CT molecular complexity index is 515. The zero-order valence-electron chi connectivity index (χ0n) is 13.1. The van der Waals surface area contributed by atoms with Crippen molar-refractivity contribution >= 4 is 11.7 Å². The van der Waals surface area contributed by atoms with E-state index in [-0.39, 0.29) is 12.0 Å². The standard InChI is InChI=1S/C17H24N2O2/c1-17(2,16(20)21-3)14-9-10-15-18(11-12-19(14)15)13-7-5-4-6-8-13/h4-8,14-15H,9-12H2,1-3H3. The number of fused-ring (bicyclic) bond motifs is 1. The minimum absolute atomic E-state index is 0.105. The van der Waals surface area contributed by atoms with Crippen molar-refractivity contribution in [1.29, 1.82) is 0 Å². The van der Waals surface area contributed by atoms with Crippen LogP contribution in [0.15, 0.2) is 30.3 Å². The van der Waals surface area contributed by atoms with Crippen LogP contribution < -0.4 is 4.90 Å². The fraction of sp³-hybridized carbons (Fsp3) is 0.588. The maximum absolute atomic E-state index is 12.1. The van der Waals surface area contributed by atoms with Crippen molar-refractivity contribution in [3.8, 4) is 0 Å². The van der Waals surface area contributed by atoms with E-state index in [0.29, 0.717) is 6.17 Å². The predicted molar refractivity (Wildman–Crippen MR) is 83.1 cm³/mol. The first-order valence-corrected chi connectivity index (χ1v) is 7.71. The second-order valence-corrected chi connectivity index (χ2v) is 6.55. The van der Waals surface area contributed by atoms with Crippen molar-refractivity contribution in [1.82, 2.24) is 4.90 Å². The van der Waals surface area contributed by atoms with Crippen LogP contribution in [0.4, 0.5) is 5.69 Å². The van der Waals surface area contributed by atoms with Gasteiger partial charge < -0.3 is 9.64 Å². The van der Waals surface area contributed by atoms with Gasteiger partial charge in [0.15, 0.2) is 0 Å². The van der Waals surface area contributed by atoms with Gasteiger partial charge >= 0.3 is 5.97 Å².